The summed E-state index contributed by atoms with van der Waals surface area (Å²) < 4.78 is 17.7. The number of hydrogen-bond acceptors (Lipinski definition) is 5. The third kappa shape index (κ3) is 4.03. The highest BCUT2D eigenvalue weighted by atomic mass is 16.7. The lowest BCUT2D eigenvalue weighted by molar-refractivity contribution is 0.174. The lowest BCUT2D eigenvalue weighted by Gasteiger charge is -2.14. The Morgan fingerprint density at radius 2 is 1.87 bits per heavy atom. The first-order valence-corrected chi connectivity index (χ1v) is 9.56. The highest BCUT2D eigenvalue weighted by Crippen LogP contribution is 2.34. The number of rotatable bonds is 4. The predicted molar refractivity (Wildman–Crippen MR) is 114 cm³/mol. The average Bonchev–Trinajstić information content (AvgIpc) is 3.34. The molecule has 2 N–H and O–H groups in total. The van der Waals surface area contributed by atoms with Gasteiger partial charge < -0.3 is 19.5 Å². The molecule has 2 amide bonds. The normalized spacial score (nSPS) is 12.5. The minimum Gasteiger partial charge on any atom is -0.497 e. The van der Waals surface area contributed by atoms with Gasteiger partial charge in [0.15, 0.2) is 11.5 Å². The first kappa shape index (κ1) is 19.6. The Kier molecular flexibility index (Phi) is 4.99. The van der Waals surface area contributed by atoms with Crippen molar-refractivity contribution in [1.29, 1.82) is 0 Å². The molecule has 0 spiro atoms. The second-order valence-electron chi connectivity index (χ2n) is 7.93. The topological polar surface area (TPSA) is 86.6 Å². The van der Waals surface area contributed by atoms with E-state index in [4.69, 9.17) is 19.3 Å². The minimum absolute atomic E-state index is 0.181. The molecule has 156 valence electrons. The highest BCUT2D eigenvalue weighted by Gasteiger charge is 2.22. The summed E-state index contributed by atoms with van der Waals surface area (Å²) in [5, 5.41) is 10.4. The van der Waals surface area contributed by atoms with Crippen LogP contribution in [0.4, 0.5) is 16.3 Å². The Labute approximate surface area is 174 Å². The quantitative estimate of drug-likeness (QED) is 0.661. The van der Waals surface area contributed by atoms with Crippen molar-refractivity contribution in [3.05, 3.63) is 54.2 Å². The van der Waals surface area contributed by atoms with Crippen molar-refractivity contribution < 1.29 is 19.0 Å². The van der Waals surface area contributed by atoms with Crippen LogP contribution in [0.1, 0.15) is 26.5 Å². The fraction of sp³-hybridized carbons (Fsp3) is 0.273. The van der Waals surface area contributed by atoms with Crippen LogP contribution < -0.4 is 24.8 Å². The molecule has 0 saturated heterocycles. The molecule has 2 heterocycles. The molecule has 0 bridgehead atoms. The molecule has 0 atom stereocenters. The van der Waals surface area contributed by atoms with Gasteiger partial charge in [0, 0.05) is 29.3 Å². The maximum atomic E-state index is 12.7. The van der Waals surface area contributed by atoms with Crippen molar-refractivity contribution in [2.45, 2.75) is 26.2 Å². The Morgan fingerprint density at radius 3 is 2.63 bits per heavy atom. The maximum absolute atomic E-state index is 12.7. The third-order valence-electron chi connectivity index (χ3n) is 4.65. The molecule has 0 aliphatic carbocycles. The summed E-state index contributed by atoms with van der Waals surface area (Å²) in [4.78, 5) is 12.7. The van der Waals surface area contributed by atoms with Gasteiger partial charge in [0.1, 0.15) is 11.6 Å². The lowest BCUT2D eigenvalue weighted by atomic mass is 9.92. The van der Waals surface area contributed by atoms with Gasteiger partial charge in [0.05, 0.1) is 18.5 Å². The van der Waals surface area contributed by atoms with Crippen molar-refractivity contribution in [3.63, 3.8) is 0 Å². The summed E-state index contributed by atoms with van der Waals surface area (Å²) in [5.41, 5.74) is 2.04. The second-order valence-corrected chi connectivity index (χ2v) is 7.93. The number of hydrogen-bond donors (Lipinski definition) is 2. The molecular formula is C22H24N4O4. The van der Waals surface area contributed by atoms with Gasteiger partial charge in [-0.1, -0.05) is 26.8 Å². The van der Waals surface area contributed by atoms with Gasteiger partial charge in [-0.05, 0) is 24.3 Å². The van der Waals surface area contributed by atoms with E-state index in [9.17, 15) is 4.79 Å². The number of fused-ring (bicyclic) bond motifs is 1. The van der Waals surface area contributed by atoms with E-state index in [1.807, 2.05) is 30.3 Å². The Bertz CT molecular complexity index is 1080. The molecular weight excluding hydrogens is 384 g/mol. The molecule has 8 nitrogen and oxygen atoms in total. The van der Waals surface area contributed by atoms with Crippen LogP contribution in [0.2, 0.25) is 0 Å². The minimum atomic E-state index is -0.390. The fourth-order valence-electron chi connectivity index (χ4n) is 3.03. The van der Waals surface area contributed by atoms with Gasteiger partial charge in [-0.15, -0.1) is 0 Å². The standard InChI is InChI=1S/C22H24N4O4/c1-22(2,3)19-12-20(26(25-19)15-6-5-7-16(11-15)28-4)24-21(27)23-14-8-9-17-18(10-14)30-13-29-17/h5-12H,13H2,1-4H3,(H2,23,24,27). The van der Waals surface area contributed by atoms with Crippen LogP contribution in [0.3, 0.4) is 0 Å². The zero-order valence-corrected chi connectivity index (χ0v) is 17.4. The highest BCUT2D eigenvalue weighted by molar-refractivity contribution is 5.99. The molecule has 8 heteroatoms. The summed E-state index contributed by atoms with van der Waals surface area (Å²) >= 11 is 0. The van der Waals surface area contributed by atoms with E-state index in [1.165, 1.54) is 0 Å². The largest absolute Gasteiger partial charge is 0.497 e. The van der Waals surface area contributed by atoms with Crippen LogP contribution in [0.25, 0.3) is 5.69 Å². The van der Waals surface area contributed by atoms with Crippen LogP contribution >= 0.6 is 0 Å². The van der Waals surface area contributed by atoms with Crippen molar-refractivity contribution in [3.8, 4) is 22.9 Å². The second kappa shape index (κ2) is 7.62. The molecule has 0 fully saturated rings. The zero-order chi connectivity index (χ0) is 21.3. The lowest BCUT2D eigenvalue weighted by Crippen LogP contribution is -2.21. The van der Waals surface area contributed by atoms with Crippen molar-refractivity contribution in [2.75, 3.05) is 24.5 Å². The number of nitrogens with zero attached hydrogens (tertiary/aromatic N) is 2. The molecule has 1 aromatic heterocycles. The van der Waals surface area contributed by atoms with E-state index in [0.29, 0.717) is 28.8 Å². The Balaban J connectivity index is 1.60. The molecule has 1 aliphatic rings. The molecule has 2 aromatic carbocycles. The van der Waals surface area contributed by atoms with Crippen LogP contribution in [-0.2, 0) is 5.41 Å². The molecule has 30 heavy (non-hydrogen) atoms. The number of ether oxygens (including phenoxy) is 3. The van der Waals surface area contributed by atoms with Crippen molar-refractivity contribution in [1.82, 2.24) is 9.78 Å². The summed E-state index contributed by atoms with van der Waals surface area (Å²) in [6.07, 6.45) is 0. The smallest absolute Gasteiger partial charge is 0.324 e. The maximum Gasteiger partial charge on any atom is 0.324 e. The number of methoxy groups -OCH3 is 1. The van der Waals surface area contributed by atoms with Crippen molar-refractivity contribution >= 4 is 17.5 Å². The molecule has 0 radical (unpaired) electrons. The van der Waals surface area contributed by atoms with E-state index in [1.54, 1.807) is 30.0 Å². The number of amides is 2. The van der Waals surface area contributed by atoms with Gasteiger partial charge in [-0.3, -0.25) is 5.32 Å². The van der Waals surface area contributed by atoms with Gasteiger partial charge in [-0.25, -0.2) is 9.48 Å². The van der Waals surface area contributed by atoms with Gasteiger partial charge in [0.25, 0.3) is 0 Å². The summed E-state index contributed by atoms with van der Waals surface area (Å²) in [7, 11) is 1.61. The van der Waals surface area contributed by atoms with Gasteiger partial charge in [-0.2, -0.15) is 5.10 Å². The van der Waals surface area contributed by atoms with Crippen molar-refractivity contribution in [2.24, 2.45) is 0 Å². The molecule has 0 saturated carbocycles. The first-order chi connectivity index (χ1) is 14.3. The average molecular weight is 408 g/mol. The van der Waals surface area contributed by atoms with E-state index in [2.05, 4.69) is 31.4 Å². The van der Waals surface area contributed by atoms with E-state index in [-0.39, 0.29) is 12.2 Å². The van der Waals surface area contributed by atoms with Gasteiger partial charge in [0.2, 0.25) is 6.79 Å². The predicted octanol–water partition coefficient (Wildman–Crippen LogP) is 4.55. The number of anilines is 2. The number of aromatic nitrogens is 2. The van der Waals surface area contributed by atoms with E-state index >= 15 is 0 Å². The Morgan fingerprint density at radius 1 is 1.07 bits per heavy atom. The summed E-state index contributed by atoms with van der Waals surface area (Å²) in [5.74, 6) is 2.51. The number of carbonyl (C=O) groups excluding carboxylic acids is 1. The summed E-state index contributed by atoms with van der Waals surface area (Å²) in [6.45, 7) is 6.39. The van der Waals surface area contributed by atoms with Gasteiger partial charge >= 0.3 is 6.03 Å². The van der Waals surface area contributed by atoms with E-state index in [0.717, 1.165) is 11.4 Å². The number of nitrogens with one attached hydrogen (secondary N) is 2. The fourth-order valence-corrected chi connectivity index (χ4v) is 3.03. The third-order valence-corrected chi connectivity index (χ3v) is 4.65. The molecule has 0 unspecified atom stereocenters. The molecule has 4 rings (SSSR count). The van der Waals surface area contributed by atoms with E-state index < -0.39 is 6.03 Å². The summed E-state index contributed by atoms with van der Waals surface area (Å²) in [6, 6.07) is 14.2. The zero-order valence-electron chi connectivity index (χ0n) is 17.4. The van der Waals surface area contributed by atoms with Crippen LogP contribution in [0.15, 0.2) is 48.5 Å². The SMILES string of the molecule is COc1cccc(-n2nc(C(C)(C)C)cc2NC(=O)Nc2ccc3c(c2)OCO3)c1. The Hall–Kier alpha value is -3.68. The number of carbonyl (C=O) groups is 1. The first-order valence-electron chi connectivity index (χ1n) is 9.56. The van der Waals surface area contributed by atoms with Crippen LogP contribution in [0, 0.1) is 0 Å². The molecule has 3 aromatic rings. The monoisotopic (exact) mass is 408 g/mol. The number of benzene rings is 2. The molecule has 1 aliphatic heterocycles. The number of urea groups is 1. The van der Waals surface area contributed by atoms with Crippen LogP contribution in [0.5, 0.6) is 17.2 Å². The van der Waals surface area contributed by atoms with Crippen LogP contribution in [-0.4, -0.2) is 29.7 Å².